The monoisotopic (exact) mass is 469 g/mol. The highest BCUT2D eigenvalue weighted by Crippen LogP contribution is 2.30. The Hall–Kier alpha value is -3.66. The molecule has 0 amide bonds. The number of rotatable bonds is 7. The SMILES string of the molecule is CCOC(=O)C(Sc1nc2c([nH]c3ccccc32)c(=O)n1-c1ccccc1F)C(=O)OCC. The summed E-state index contributed by atoms with van der Waals surface area (Å²) in [5.41, 5.74) is 0.552. The number of nitrogens with zero attached hydrogens (tertiary/aromatic N) is 2. The van der Waals surface area contributed by atoms with Gasteiger partial charge in [0, 0.05) is 10.9 Å². The number of nitrogens with one attached hydrogen (secondary N) is 1. The van der Waals surface area contributed by atoms with Gasteiger partial charge in [-0.3, -0.25) is 19.0 Å². The summed E-state index contributed by atoms with van der Waals surface area (Å²) in [5.74, 6) is -2.34. The highest BCUT2D eigenvalue weighted by atomic mass is 32.2. The van der Waals surface area contributed by atoms with Gasteiger partial charge in [-0.2, -0.15) is 0 Å². The summed E-state index contributed by atoms with van der Waals surface area (Å²) in [6.07, 6.45) is 0. The van der Waals surface area contributed by atoms with Gasteiger partial charge in [0.1, 0.15) is 16.9 Å². The van der Waals surface area contributed by atoms with Crippen molar-refractivity contribution < 1.29 is 23.5 Å². The van der Waals surface area contributed by atoms with E-state index in [1.807, 2.05) is 0 Å². The number of thioether (sulfide) groups is 1. The molecular weight excluding hydrogens is 449 g/mol. The Balaban J connectivity index is 1.98. The maximum absolute atomic E-state index is 14.7. The lowest BCUT2D eigenvalue weighted by Crippen LogP contribution is -2.32. The van der Waals surface area contributed by atoms with Crippen LogP contribution in [0.3, 0.4) is 0 Å². The number of hydrogen-bond acceptors (Lipinski definition) is 7. The Labute approximate surface area is 191 Å². The molecule has 0 atom stereocenters. The third kappa shape index (κ3) is 4.21. The predicted octanol–water partition coefficient (Wildman–Crippen LogP) is 3.59. The number of halogens is 1. The molecule has 0 aliphatic carbocycles. The van der Waals surface area contributed by atoms with E-state index in [0.717, 1.165) is 4.57 Å². The van der Waals surface area contributed by atoms with E-state index in [1.165, 1.54) is 18.2 Å². The first-order valence-corrected chi connectivity index (χ1v) is 11.1. The highest BCUT2D eigenvalue weighted by molar-refractivity contribution is 8.01. The largest absolute Gasteiger partial charge is 0.465 e. The number of para-hydroxylation sites is 2. The number of ether oxygens (including phenoxy) is 2. The Morgan fingerprint density at radius 1 is 1.06 bits per heavy atom. The molecule has 10 heteroatoms. The van der Waals surface area contributed by atoms with E-state index in [4.69, 9.17) is 9.47 Å². The molecule has 2 heterocycles. The van der Waals surface area contributed by atoms with Crippen molar-refractivity contribution in [1.82, 2.24) is 14.5 Å². The van der Waals surface area contributed by atoms with Crippen molar-refractivity contribution in [3.63, 3.8) is 0 Å². The number of carbonyl (C=O) groups excluding carboxylic acids is 2. The normalized spacial score (nSPS) is 11.3. The molecule has 0 bridgehead atoms. The number of benzene rings is 2. The van der Waals surface area contributed by atoms with Crippen molar-refractivity contribution in [2.45, 2.75) is 24.3 Å². The van der Waals surface area contributed by atoms with Crippen LogP contribution in [-0.2, 0) is 19.1 Å². The molecule has 0 fully saturated rings. The molecule has 4 rings (SSSR count). The maximum Gasteiger partial charge on any atom is 0.331 e. The van der Waals surface area contributed by atoms with Crippen molar-refractivity contribution in [3.8, 4) is 5.69 Å². The van der Waals surface area contributed by atoms with E-state index in [9.17, 15) is 18.8 Å². The second-order valence-electron chi connectivity index (χ2n) is 6.88. The summed E-state index contributed by atoms with van der Waals surface area (Å²) in [4.78, 5) is 46.2. The number of H-pyrrole nitrogens is 1. The molecule has 33 heavy (non-hydrogen) atoms. The Morgan fingerprint density at radius 3 is 2.36 bits per heavy atom. The first-order valence-electron chi connectivity index (χ1n) is 10.2. The zero-order valence-corrected chi connectivity index (χ0v) is 18.6. The van der Waals surface area contributed by atoms with Gasteiger partial charge in [0.15, 0.2) is 5.16 Å². The van der Waals surface area contributed by atoms with Gasteiger partial charge in [-0.1, -0.05) is 42.1 Å². The molecule has 2 aromatic carbocycles. The van der Waals surface area contributed by atoms with E-state index >= 15 is 0 Å². The van der Waals surface area contributed by atoms with Gasteiger partial charge in [-0.25, -0.2) is 9.37 Å². The van der Waals surface area contributed by atoms with E-state index in [-0.39, 0.29) is 29.6 Å². The lowest BCUT2D eigenvalue weighted by Gasteiger charge is -2.17. The fourth-order valence-corrected chi connectivity index (χ4v) is 4.37. The van der Waals surface area contributed by atoms with Gasteiger partial charge in [0.2, 0.25) is 5.25 Å². The number of aromatic amines is 1. The smallest absolute Gasteiger partial charge is 0.331 e. The van der Waals surface area contributed by atoms with Crippen LogP contribution in [0.5, 0.6) is 0 Å². The second-order valence-corrected chi connectivity index (χ2v) is 7.95. The molecule has 0 aliphatic rings. The second kappa shape index (κ2) is 9.45. The molecule has 0 saturated carbocycles. The summed E-state index contributed by atoms with van der Waals surface area (Å²) in [6, 6.07) is 12.9. The molecule has 0 spiro atoms. The van der Waals surface area contributed by atoms with Crippen molar-refractivity contribution in [2.24, 2.45) is 0 Å². The molecule has 0 aliphatic heterocycles. The van der Waals surface area contributed by atoms with Crippen LogP contribution in [-0.4, -0.2) is 44.9 Å². The molecule has 4 aromatic rings. The Kier molecular flexibility index (Phi) is 6.45. The minimum Gasteiger partial charge on any atom is -0.465 e. The van der Waals surface area contributed by atoms with E-state index in [2.05, 4.69) is 9.97 Å². The van der Waals surface area contributed by atoms with Gasteiger partial charge in [0.25, 0.3) is 5.56 Å². The average molecular weight is 469 g/mol. The van der Waals surface area contributed by atoms with Gasteiger partial charge >= 0.3 is 11.9 Å². The quantitative estimate of drug-likeness (QED) is 0.191. The van der Waals surface area contributed by atoms with Crippen molar-refractivity contribution in [1.29, 1.82) is 0 Å². The summed E-state index contributed by atoms with van der Waals surface area (Å²) in [6.45, 7) is 3.31. The topological polar surface area (TPSA) is 103 Å². The van der Waals surface area contributed by atoms with E-state index < -0.39 is 28.6 Å². The molecule has 0 saturated heterocycles. The minimum atomic E-state index is -1.45. The Morgan fingerprint density at radius 2 is 1.70 bits per heavy atom. The van der Waals surface area contributed by atoms with Gasteiger partial charge in [-0.05, 0) is 32.0 Å². The zero-order chi connectivity index (χ0) is 23.5. The van der Waals surface area contributed by atoms with Crippen molar-refractivity contribution in [3.05, 3.63) is 64.7 Å². The summed E-state index contributed by atoms with van der Waals surface area (Å²) >= 11 is 0.678. The van der Waals surface area contributed by atoms with Crippen LogP contribution < -0.4 is 5.56 Å². The fraction of sp³-hybridized carbons (Fsp3) is 0.217. The highest BCUT2D eigenvalue weighted by Gasteiger charge is 2.33. The first-order chi connectivity index (χ1) is 16.0. The molecule has 0 unspecified atom stereocenters. The van der Waals surface area contributed by atoms with Crippen LogP contribution in [0, 0.1) is 5.82 Å². The Bertz CT molecular complexity index is 1400. The van der Waals surface area contributed by atoms with Crippen LogP contribution in [0.4, 0.5) is 4.39 Å². The van der Waals surface area contributed by atoms with Gasteiger partial charge < -0.3 is 14.5 Å². The first kappa shape index (κ1) is 22.5. The number of fused-ring (bicyclic) bond motifs is 3. The zero-order valence-electron chi connectivity index (χ0n) is 17.8. The number of hydrogen-bond donors (Lipinski definition) is 1. The number of esters is 2. The number of aromatic nitrogens is 3. The molecule has 8 nitrogen and oxygen atoms in total. The summed E-state index contributed by atoms with van der Waals surface area (Å²) < 4.78 is 25.9. The van der Waals surface area contributed by atoms with Gasteiger partial charge in [0.05, 0.1) is 18.9 Å². The van der Waals surface area contributed by atoms with Gasteiger partial charge in [-0.15, -0.1) is 0 Å². The third-order valence-electron chi connectivity index (χ3n) is 4.81. The van der Waals surface area contributed by atoms with Crippen molar-refractivity contribution >= 4 is 45.6 Å². The standard InChI is InChI=1S/C23H20FN3O5S/c1-3-31-21(29)19(22(30)32-4-2)33-23-26-17-13-9-5-7-11-15(13)25-18(17)20(28)27(23)16-12-8-6-10-14(16)24/h5-12,19,25H,3-4H2,1-2H3. The third-order valence-corrected chi connectivity index (χ3v) is 5.92. The molecule has 0 radical (unpaired) electrons. The minimum absolute atomic E-state index is 0.0460. The van der Waals surface area contributed by atoms with Crippen LogP contribution in [0.1, 0.15) is 13.8 Å². The van der Waals surface area contributed by atoms with Crippen LogP contribution >= 0.6 is 11.8 Å². The van der Waals surface area contributed by atoms with E-state index in [0.29, 0.717) is 28.2 Å². The fourth-order valence-electron chi connectivity index (χ4n) is 3.40. The predicted molar refractivity (Wildman–Crippen MR) is 122 cm³/mol. The van der Waals surface area contributed by atoms with Crippen LogP contribution in [0.2, 0.25) is 0 Å². The molecule has 2 aromatic heterocycles. The lowest BCUT2D eigenvalue weighted by molar-refractivity contribution is -0.152. The molecule has 1 N–H and O–H groups in total. The van der Waals surface area contributed by atoms with Crippen LogP contribution in [0.25, 0.3) is 27.6 Å². The average Bonchev–Trinajstić information content (AvgIpc) is 3.18. The summed E-state index contributed by atoms with van der Waals surface area (Å²) in [7, 11) is 0. The maximum atomic E-state index is 14.7. The van der Waals surface area contributed by atoms with Crippen molar-refractivity contribution in [2.75, 3.05) is 13.2 Å². The number of carbonyl (C=O) groups is 2. The lowest BCUT2D eigenvalue weighted by atomic mass is 10.2. The van der Waals surface area contributed by atoms with Crippen LogP contribution in [0.15, 0.2) is 58.5 Å². The molecular formula is C23H20FN3O5S. The molecule has 170 valence electrons. The summed E-state index contributed by atoms with van der Waals surface area (Å²) in [5, 5.41) is -0.818. The van der Waals surface area contributed by atoms with E-state index in [1.54, 1.807) is 44.2 Å².